The molecular weight excluding hydrogens is 317 g/mol. The lowest BCUT2D eigenvalue weighted by Crippen LogP contribution is -3.08. The minimum atomic E-state index is -0.685. The molecular formula is C18H20F3N2O+. The Balaban J connectivity index is 1.88. The van der Waals surface area contributed by atoms with Gasteiger partial charge in [0.25, 0.3) is 5.91 Å². The van der Waals surface area contributed by atoms with E-state index in [1.54, 1.807) is 19.1 Å². The van der Waals surface area contributed by atoms with Gasteiger partial charge in [0.1, 0.15) is 24.0 Å². The van der Waals surface area contributed by atoms with Crippen molar-refractivity contribution >= 4 is 5.91 Å². The number of quaternary nitrogens is 1. The van der Waals surface area contributed by atoms with E-state index in [2.05, 4.69) is 5.32 Å². The van der Waals surface area contributed by atoms with E-state index in [4.69, 9.17) is 0 Å². The molecule has 128 valence electrons. The molecule has 2 N–H and O–H groups in total. The van der Waals surface area contributed by atoms with Gasteiger partial charge in [0, 0.05) is 17.2 Å². The molecule has 0 radical (unpaired) electrons. The number of hydrogen-bond donors (Lipinski definition) is 2. The Morgan fingerprint density at radius 1 is 1.08 bits per heavy atom. The van der Waals surface area contributed by atoms with Gasteiger partial charge in [-0.3, -0.25) is 4.79 Å². The maximum absolute atomic E-state index is 13.7. The van der Waals surface area contributed by atoms with Crippen molar-refractivity contribution in [3.05, 3.63) is 71.0 Å². The fourth-order valence-corrected chi connectivity index (χ4v) is 2.51. The number of amides is 1. The number of carbonyl (C=O) groups excluding carboxylic acids is 1. The number of hydrogen-bond acceptors (Lipinski definition) is 1. The van der Waals surface area contributed by atoms with Gasteiger partial charge in [-0.1, -0.05) is 18.2 Å². The van der Waals surface area contributed by atoms with Crippen molar-refractivity contribution in [2.24, 2.45) is 0 Å². The first kappa shape index (κ1) is 18.0. The first-order valence-electron chi connectivity index (χ1n) is 7.65. The minimum Gasteiger partial charge on any atom is -0.345 e. The van der Waals surface area contributed by atoms with Gasteiger partial charge in [-0.15, -0.1) is 0 Å². The Hall–Kier alpha value is -2.34. The van der Waals surface area contributed by atoms with E-state index in [1.165, 1.54) is 18.2 Å². The van der Waals surface area contributed by atoms with E-state index in [0.29, 0.717) is 6.54 Å². The number of halogens is 3. The Morgan fingerprint density at radius 2 is 1.71 bits per heavy atom. The van der Waals surface area contributed by atoms with Crippen LogP contribution in [0.15, 0.2) is 42.5 Å². The van der Waals surface area contributed by atoms with Crippen molar-refractivity contribution in [3.63, 3.8) is 0 Å². The van der Waals surface area contributed by atoms with Crippen molar-refractivity contribution in [2.75, 3.05) is 13.6 Å². The summed E-state index contributed by atoms with van der Waals surface area (Å²) in [5.41, 5.74) is 1.15. The number of nitrogens with one attached hydrogen (secondary N) is 2. The highest BCUT2D eigenvalue weighted by molar-refractivity contribution is 5.77. The van der Waals surface area contributed by atoms with Crippen LogP contribution in [-0.4, -0.2) is 19.5 Å². The lowest BCUT2D eigenvalue weighted by Gasteiger charge is -2.18. The van der Waals surface area contributed by atoms with Crippen LogP contribution < -0.4 is 10.2 Å². The lowest BCUT2D eigenvalue weighted by atomic mass is 10.1. The molecule has 0 aliphatic carbocycles. The van der Waals surface area contributed by atoms with Gasteiger partial charge in [-0.2, -0.15) is 0 Å². The number of likely N-dealkylation sites (N-methyl/N-ethyl adjacent to an activating group) is 1. The summed E-state index contributed by atoms with van der Waals surface area (Å²) in [7, 11) is 1.84. The third kappa shape index (κ3) is 5.09. The van der Waals surface area contributed by atoms with Gasteiger partial charge in [0.15, 0.2) is 6.54 Å². The van der Waals surface area contributed by atoms with Crippen LogP contribution in [0.1, 0.15) is 24.1 Å². The van der Waals surface area contributed by atoms with Crippen LogP contribution in [0.25, 0.3) is 0 Å². The Kier molecular flexibility index (Phi) is 5.98. The number of rotatable bonds is 6. The predicted octanol–water partition coefficient (Wildman–Crippen LogP) is 2.00. The number of benzene rings is 2. The van der Waals surface area contributed by atoms with Crippen LogP contribution in [0.2, 0.25) is 0 Å². The number of carbonyl (C=O) groups is 1. The van der Waals surface area contributed by atoms with E-state index >= 15 is 0 Å². The summed E-state index contributed by atoms with van der Waals surface area (Å²) in [5.74, 6) is -1.89. The van der Waals surface area contributed by atoms with Crippen molar-refractivity contribution in [1.82, 2.24) is 5.32 Å². The average Bonchev–Trinajstić information content (AvgIpc) is 2.49. The molecule has 1 amide bonds. The third-order valence-electron chi connectivity index (χ3n) is 3.69. The van der Waals surface area contributed by atoms with Gasteiger partial charge in [0.05, 0.1) is 13.1 Å². The zero-order chi connectivity index (χ0) is 17.7. The van der Waals surface area contributed by atoms with Gasteiger partial charge in [0.2, 0.25) is 0 Å². The van der Waals surface area contributed by atoms with E-state index in [1.807, 2.05) is 7.05 Å². The summed E-state index contributed by atoms with van der Waals surface area (Å²) in [5, 5.41) is 2.70. The fourth-order valence-electron chi connectivity index (χ4n) is 2.51. The highest BCUT2D eigenvalue weighted by atomic mass is 19.1. The summed E-state index contributed by atoms with van der Waals surface area (Å²) in [4.78, 5) is 13.0. The molecule has 24 heavy (non-hydrogen) atoms. The molecule has 3 nitrogen and oxygen atoms in total. The second-order valence-electron chi connectivity index (χ2n) is 5.89. The van der Waals surface area contributed by atoms with Crippen LogP contribution in [0.3, 0.4) is 0 Å². The highest BCUT2D eigenvalue weighted by Crippen LogP contribution is 2.17. The second kappa shape index (κ2) is 7.97. The lowest BCUT2D eigenvalue weighted by molar-refractivity contribution is -0.885. The van der Waals surface area contributed by atoms with Crippen molar-refractivity contribution < 1.29 is 22.9 Å². The van der Waals surface area contributed by atoms with Crippen LogP contribution in [-0.2, 0) is 11.3 Å². The maximum atomic E-state index is 13.7. The summed E-state index contributed by atoms with van der Waals surface area (Å²) in [6.07, 6.45) is 0. The molecule has 0 spiro atoms. The molecule has 0 aliphatic heterocycles. The Morgan fingerprint density at radius 3 is 2.33 bits per heavy atom. The molecule has 2 rings (SSSR count). The van der Waals surface area contributed by atoms with Crippen LogP contribution in [0.4, 0.5) is 13.2 Å². The molecule has 1 unspecified atom stereocenters. The van der Waals surface area contributed by atoms with E-state index in [9.17, 15) is 18.0 Å². The van der Waals surface area contributed by atoms with Crippen LogP contribution >= 0.6 is 0 Å². The smallest absolute Gasteiger partial charge is 0.275 e. The predicted molar refractivity (Wildman–Crippen MR) is 84.8 cm³/mol. The maximum Gasteiger partial charge on any atom is 0.275 e. The minimum absolute atomic E-state index is 0.185. The first-order valence-corrected chi connectivity index (χ1v) is 7.65. The van der Waals surface area contributed by atoms with E-state index in [-0.39, 0.29) is 23.8 Å². The van der Waals surface area contributed by atoms with Crippen molar-refractivity contribution in [1.29, 1.82) is 0 Å². The molecule has 0 aliphatic rings. The Labute approximate surface area is 139 Å². The standard InChI is InChI=1S/C18H19F3N2O/c1-12(16-8-7-15(20)9-17(16)21)22-18(24)11-23(2)10-13-3-5-14(19)6-4-13/h3-9,12H,10-11H2,1-2H3,(H,22,24)/p+1/t12-/m0/s1. The highest BCUT2D eigenvalue weighted by Gasteiger charge is 2.17. The summed E-state index contributed by atoms with van der Waals surface area (Å²) in [6.45, 7) is 2.39. The van der Waals surface area contributed by atoms with Crippen LogP contribution in [0.5, 0.6) is 0 Å². The Bertz CT molecular complexity index is 704. The van der Waals surface area contributed by atoms with E-state index < -0.39 is 17.7 Å². The summed E-state index contributed by atoms with van der Waals surface area (Å²) < 4.78 is 39.5. The molecule has 2 atom stereocenters. The molecule has 0 heterocycles. The molecule has 6 heteroatoms. The first-order chi connectivity index (χ1) is 11.3. The monoisotopic (exact) mass is 337 g/mol. The van der Waals surface area contributed by atoms with Gasteiger partial charge >= 0.3 is 0 Å². The SMILES string of the molecule is C[C@H](NC(=O)C[NH+](C)Cc1ccc(F)cc1)c1ccc(F)cc1F. The van der Waals surface area contributed by atoms with E-state index in [0.717, 1.165) is 22.6 Å². The summed E-state index contributed by atoms with van der Waals surface area (Å²) >= 11 is 0. The van der Waals surface area contributed by atoms with Crippen molar-refractivity contribution in [2.45, 2.75) is 19.5 Å². The quantitative estimate of drug-likeness (QED) is 0.831. The second-order valence-corrected chi connectivity index (χ2v) is 5.89. The summed E-state index contributed by atoms with van der Waals surface area (Å²) in [6, 6.07) is 8.82. The average molecular weight is 337 g/mol. The largest absolute Gasteiger partial charge is 0.345 e. The zero-order valence-corrected chi connectivity index (χ0v) is 13.6. The normalized spacial score (nSPS) is 13.4. The fraction of sp³-hybridized carbons (Fsp3) is 0.278. The third-order valence-corrected chi connectivity index (χ3v) is 3.69. The molecule has 0 bridgehead atoms. The molecule has 0 fully saturated rings. The molecule has 2 aromatic carbocycles. The van der Waals surface area contributed by atoms with Gasteiger partial charge in [-0.05, 0) is 25.1 Å². The van der Waals surface area contributed by atoms with Gasteiger partial charge in [-0.25, -0.2) is 13.2 Å². The molecule has 2 aromatic rings. The van der Waals surface area contributed by atoms with Crippen molar-refractivity contribution in [3.8, 4) is 0 Å². The topological polar surface area (TPSA) is 33.5 Å². The molecule has 0 saturated carbocycles. The molecule has 0 aromatic heterocycles. The van der Waals surface area contributed by atoms with Crippen LogP contribution in [0, 0.1) is 17.5 Å². The molecule has 0 saturated heterocycles. The zero-order valence-electron chi connectivity index (χ0n) is 13.6. The van der Waals surface area contributed by atoms with Gasteiger partial charge < -0.3 is 10.2 Å².